The maximum Gasteiger partial charge on any atom is 0.297 e. The van der Waals surface area contributed by atoms with Gasteiger partial charge in [-0.1, -0.05) is 41.1 Å². The van der Waals surface area contributed by atoms with Crippen molar-refractivity contribution in [1.29, 1.82) is 0 Å². The molecule has 0 unspecified atom stereocenters. The summed E-state index contributed by atoms with van der Waals surface area (Å²) in [6.07, 6.45) is 0.651. The minimum atomic E-state index is -0.342. The van der Waals surface area contributed by atoms with Crippen molar-refractivity contribution in [2.45, 2.75) is 19.9 Å². The fraction of sp³-hybridized carbons (Fsp3) is 0.158. The van der Waals surface area contributed by atoms with E-state index >= 15 is 0 Å². The molecular formula is C19H16BrN5O2. The number of rotatable bonds is 4. The van der Waals surface area contributed by atoms with E-state index in [1.807, 2.05) is 43.3 Å². The number of aromatic nitrogens is 4. The van der Waals surface area contributed by atoms with Crippen LogP contribution in [0.5, 0.6) is 0 Å². The van der Waals surface area contributed by atoms with Crippen LogP contribution in [0, 0.1) is 0 Å². The number of carbonyl (C=O) groups excluding carboxylic acids is 1. The molecule has 0 radical (unpaired) electrons. The summed E-state index contributed by atoms with van der Waals surface area (Å²) in [4.78, 5) is 25.5. The molecule has 0 atom stereocenters. The second-order valence-electron chi connectivity index (χ2n) is 6.07. The zero-order chi connectivity index (χ0) is 19.0. The van der Waals surface area contributed by atoms with Crippen molar-refractivity contribution in [3.05, 3.63) is 69.2 Å². The molecule has 1 amide bonds. The number of anilines is 1. The first-order valence-electron chi connectivity index (χ1n) is 8.49. The van der Waals surface area contributed by atoms with Gasteiger partial charge in [-0.25, -0.2) is 0 Å². The molecule has 0 fully saturated rings. The van der Waals surface area contributed by atoms with Gasteiger partial charge in [-0.3, -0.25) is 18.6 Å². The molecule has 0 saturated carbocycles. The molecule has 0 aliphatic rings. The summed E-state index contributed by atoms with van der Waals surface area (Å²) in [6, 6.07) is 14.7. The number of hydrogen-bond acceptors (Lipinski definition) is 4. The third-order valence-corrected chi connectivity index (χ3v) is 4.80. The number of hydrogen-bond donors (Lipinski definition) is 1. The van der Waals surface area contributed by atoms with Gasteiger partial charge in [0.05, 0.1) is 11.0 Å². The highest BCUT2D eigenvalue weighted by atomic mass is 79.9. The van der Waals surface area contributed by atoms with Crippen molar-refractivity contribution < 1.29 is 4.79 Å². The lowest BCUT2D eigenvalue weighted by atomic mass is 10.2. The summed E-state index contributed by atoms with van der Waals surface area (Å²) in [5.41, 5.74) is 1.99. The molecular weight excluding hydrogens is 410 g/mol. The van der Waals surface area contributed by atoms with E-state index in [1.54, 1.807) is 16.5 Å². The quantitative estimate of drug-likeness (QED) is 0.544. The van der Waals surface area contributed by atoms with E-state index in [0.717, 1.165) is 9.99 Å². The number of carbonyl (C=O) groups is 1. The maximum absolute atomic E-state index is 13.0. The Bertz CT molecular complexity index is 1230. The van der Waals surface area contributed by atoms with E-state index in [4.69, 9.17) is 0 Å². The Morgan fingerprint density at radius 3 is 2.63 bits per heavy atom. The molecule has 2 heterocycles. The Kier molecular flexibility index (Phi) is 4.49. The van der Waals surface area contributed by atoms with Crippen LogP contribution in [0.15, 0.2) is 57.8 Å². The van der Waals surface area contributed by atoms with E-state index in [1.165, 1.54) is 4.57 Å². The summed E-state index contributed by atoms with van der Waals surface area (Å²) >= 11 is 3.37. The molecule has 7 nitrogen and oxygen atoms in total. The van der Waals surface area contributed by atoms with Crippen LogP contribution in [-0.2, 0) is 17.8 Å². The highest BCUT2D eigenvalue weighted by molar-refractivity contribution is 9.10. The zero-order valence-electron chi connectivity index (χ0n) is 14.5. The summed E-state index contributed by atoms with van der Waals surface area (Å²) in [7, 11) is 0. The van der Waals surface area contributed by atoms with Crippen LogP contribution in [0.4, 0.5) is 5.69 Å². The third kappa shape index (κ3) is 3.12. The van der Waals surface area contributed by atoms with Gasteiger partial charge in [0.1, 0.15) is 12.4 Å². The van der Waals surface area contributed by atoms with Crippen molar-refractivity contribution in [1.82, 2.24) is 19.2 Å². The number of nitrogens with zero attached hydrogens (tertiary/aromatic N) is 4. The van der Waals surface area contributed by atoms with E-state index in [2.05, 4.69) is 31.4 Å². The Morgan fingerprint density at radius 1 is 1.11 bits per heavy atom. The predicted octanol–water partition coefficient (Wildman–Crippen LogP) is 3.01. The van der Waals surface area contributed by atoms with Gasteiger partial charge in [0.25, 0.3) is 5.56 Å². The van der Waals surface area contributed by atoms with Crippen LogP contribution in [0.1, 0.15) is 12.7 Å². The average Bonchev–Trinajstić information content (AvgIpc) is 3.09. The number of aryl methyl sites for hydroxylation is 1. The molecule has 8 heteroatoms. The first-order chi connectivity index (χ1) is 13.1. The lowest BCUT2D eigenvalue weighted by Crippen LogP contribution is -2.29. The van der Waals surface area contributed by atoms with Crippen LogP contribution in [0.25, 0.3) is 16.7 Å². The Balaban J connectivity index is 1.80. The van der Waals surface area contributed by atoms with Crippen molar-refractivity contribution in [3.8, 4) is 0 Å². The number of nitrogens with one attached hydrogen (secondary N) is 1. The van der Waals surface area contributed by atoms with Gasteiger partial charge in [-0.05, 0) is 30.3 Å². The minimum Gasteiger partial charge on any atom is -0.324 e. The molecule has 27 heavy (non-hydrogen) atoms. The van der Waals surface area contributed by atoms with Crippen molar-refractivity contribution in [2.75, 3.05) is 5.32 Å². The highest BCUT2D eigenvalue weighted by Gasteiger charge is 2.17. The first kappa shape index (κ1) is 17.4. The SMILES string of the molecule is CCc1nnc2c(=O)n(CC(=O)Nc3cccc(Br)c3)c3ccccc3n12. The van der Waals surface area contributed by atoms with Gasteiger partial charge >= 0.3 is 0 Å². The summed E-state index contributed by atoms with van der Waals surface area (Å²) in [5, 5.41) is 11.0. The highest BCUT2D eigenvalue weighted by Crippen LogP contribution is 2.17. The third-order valence-electron chi connectivity index (χ3n) is 4.31. The topological polar surface area (TPSA) is 81.3 Å². The van der Waals surface area contributed by atoms with Gasteiger partial charge < -0.3 is 5.32 Å². The molecule has 1 N–H and O–H groups in total. The maximum atomic E-state index is 13.0. The van der Waals surface area contributed by atoms with Crippen molar-refractivity contribution in [3.63, 3.8) is 0 Å². The second kappa shape index (κ2) is 6.96. The van der Waals surface area contributed by atoms with Crippen LogP contribution in [0.3, 0.4) is 0 Å². The fourth-order valence-corrected chi connectivity index (χ4v) is 3.52. The normalized spacial score (nSPS) is 11.2. The average molecular weight is 426 g/mol. The van der Waals surface area contributed by atoms with Crippen LogP contribution < -0.4 is 10.9 Å². The standard InChI is InChI=1S/C19H16BrN5O2/c1-2-16-22-23-18-19(27)24(14-8-3-4-9-15(14)25(16)18)11-17(26)21-13-7-5-6-12(20)10-13/h3-10H,2,11H2,1H3,(H,21,26). The van der Waals surface area contributed by atoms with Gasteiger partial charge in [0.15, 0.2) is 0 Å². The number of halogens is 1. The van der Waals surface area contributed by atoms with Crippen molar-refractivity contribution >= 4 is 44.2 Å². The molecule has 2 aromatic carbocycles. The van der Waals surface area contributed by atoms with Crippen molar-refractivity contribution in [2.24, 2.45) is 0 Å². The van der Waals surface area contributed by atoms with E-state index < -0.39 is 0 Å². The Labute approximate surface area is 162 Å². The van der Waals surface area contributed by atoms with Gasteiger partial charge in [-0.15, -0.1) is 10.2 Å². The van der Waals surface area contributed by atoms with Crippen LogP contribution >= 0.6 is 15.9 Å². The Hall–Kier alpha value is -3.00. The molecule has 4 rings (SSSR count). The Morgan fingerprint density at radius 2 is 1.89 bits per heavy atom. The second-order valence-corrected chi connectivity index (χ2v) is 6.98. The van der Waals surface area contributed by atoms with Gasteiger partial charge in [0.2, 0.25) is 11.6 Å². The van der Waals surface area contributed by atoms with E-state index in [9.17, 15) is 9.59 Å². The molecule has 4 aromatic rings. The summed E-state index contributed by atoms with van der Waals surface area (Å²) < 4.78 is 4.06. The smallest absolute Gasteiger partial charge is 0.297 e. The number of benzene rings is 2. The summed E-state index contributed by atoms with van der Waals surface area (Å²) in [6.45, 7) is 1.85. The van der Waals surface area contributed by atoms with Gasteiger partial charge in [0, 0.05) is 16.6 Å². The molecule has 0 aliphatic heterocycles. The molecule has 2 aromatic heterocycles. The largest absolute Gasteiger partial charge is 0.324 e. The monoisotopic (exact) mass is 425 g/mol. The first-order valence-corrected chi connectivity index (χ1v) is 9.28. The fourth-order valence-electron chi connectivity index (χ4n) is 3.12. The predicted molar refractivity (Wildman–Crippen MR) is 107 cm³/mol. The van der Waals surface area contributed by atoms with Crippen LogP contribution in [-0.4, -0.2) is 25.1 Å². The zero-order valence-corrected chi connectivity index (χ0v) is 16.1. The molecule has 0 spiro atoms. The summed E-state index contributed by atoms with van der Waals surface area (Å²) in [5.74, 6) is 0.420. The molecule has 0 bridgehead atoms. The lowest BCUT2D eigenvalue weighted by molar-refractivity contribution is -0.116. The molecule has 0 saturated heterocycles. The molecule has 0 aliphatic carbocycles. The number of amides is 1. The molecule has 136 valence electrons. The number of fused-ring (bicyclic) bond motifs is 3. The number of para-hydroxylation sites is 2. The lowest BCUT2D eigenvalue weighted by Gasteiger charge is -2.12. The minimum absolute atomic E-state index is 0.114. The van der Waals surface area contributed by atoms with E-state index in [0.29, 0.717) is 23.4 Å². The van der Waals surface area contributed by atoms with Crippen LogP contribution in [0.2, 0.25) is 0 Å². The van der Waals surface area contributed by atoms with Gasteiger partial charge in [-0.2, -0.15) is 0 Å². The van der Waals surface area contributed by atoms with E-state index in [-0.39, 0.29) is 23.7 Å².